The summed E-state index contributed by atoms with van der Waals surface area (Å²) in [7, 11) is 0. The van der Waals surface area contributed by atoms with Crippen molar-refractivity contribution in [2.24, 2.45) is 5.10 Å². The molecule has 0 saturated carbocycles. The highest BCUT2D eigenvalue weighted by molar-refractivity contribution is 7.12. The third-order valence-electron chi connectivity index (χ3n) is 4.32. The molecule has 0 bridgehead atoms. The fraction of sp³-hybridized carbons (Fsp3) is 0.150. The number of esters is 1. The molecule has 3 aromatic rings. The maximum absolute atomic E-state index is 13.1. The number of hydrogen-bond acceptors (Lipinski definition) is 6. The lowest BCUT2D eigenvalue weighted by Gasteiger charge is -2.20. The van der Waals surface area contributed by atoms with Crippen molar-refractivity contribution in [2.45, 2.75) is 12.5 Å². The van der Waals surface area contributed by atoms with Gasteiger partial charge in [-0.15, -0.1) is 22.7 Å². The van der Waals surface area contributed by atoms with Crippen LogP contribution in [-0.4, -0.2) is 29.2 Å². The summed E-state index contributed by atoms with van der Waals surface area (Å²) in [4.78, 5) is 27.0. The number of halogens is 2. The van der Waals surface area contributed by atoms with Crippen LogP contribution in [0.5, 0.6) is 0 Å². The van der Waals surface area contributed by atoms with Crippen LogP contribution in [0.4, 0.5) is 4.39 Å². The molecule has 1 aliphatic rings. The first-order valence-corrected chi connectivity index (χ1v) is 10.8. The van der Waals surface area contributed by atoms with Gasteiger partial charge < -0.3 is 4.74 Å². The lowest BCUT2D eigenvalue weighted by Crippen LogP contribution is -2.31. The van der Waals surface area contributed by atoms with E-state index in [-0.39, 0.29) is 16.6 Å². The molecule has 9 heteroatoms. The number of rotatable bonds is 5. The van der Waals surface area contributed by atoms with Crippen molar-refractivity contribution < 1.29 is 18.7 Å². The maximum Gasteiger partial charge on any atom is 0.340 e. The van der Waals surface area contributed by atoms with Crippen LogP contribution < -0.4 is 0 Å². The zero-order valence-electron chi connectivity index (χ0n) is 14.9. The van der Waals surface area contributed by atoms with E-state index in [0.29, 0.717) is 6.42 Å². The van der Waals surface area contributed by atoms with E-state index in [9.17, 15) is 14.0 Å². The third kappa shape index (κ3) is 4.24. The second kappa shape index (κ2) is 8.44. The Bertz CT molecular complexity index is 1070. The highest BCUT2D eigenvalue weighted by atomic mass is 35.5. The summed E-state index contributed by atoms with van der Waals surface area (Å²) < 4.78 is 18.3. The number of thiophene rings is 2. The first kappa shape index (κ1) is 19.8. The molecule has 148 valence electrons. The number of benzene rings is 1. The summed E-state index contributed by atoms with van der Waals surface area (Å²) in [6, 6.07) is 10.9. The molecule has 0 spiro atoms. The average molecular weight is 449 g/mol. The third-order valence-corrected chi connectivity index (χ3v) is 6.53. The van der Waals surface area contributed by atoms with E-state index in [0.717, 1.165) is 27.6 Å². The van der Waals surface area contributed by atoms with Crippen LogP contribution in [0.15, 0.2) is 58.3 Å². The summed E-state index contributed by atoms with van der Waals surface area (Å²) in [6.45, 7) is -0.490. The molecule has 2 aromatic heterocycles. The second-order valence-electron chi connectivity index (χ2n) is 6.20. The smallest absolute Gasteiger partial charge is 0.340 e. The molecule has 1 aliphatic heterocycles. The normalized spacial score (nSPS) is 16.0. The Morgan fingerprint density at radius 1 is 1.21 bits per heavy atom. The predicted molar refractivity (Wildman–Crippen MR) is 111 cm³/mol. The van der Waals surface area contributed by atoms with Gasteiger partial charge in [0.05, 0.1) is 27.2 Å². The fourth-order valence-electron chi connectivity index (χ4n) is 2.96. The van der Waals surface area contributed by atoms with Gasteiger partial charge in [-0.3, -0.25) is 4.79 Å². The molecular formula is C20H14ClFN2O3S2. The minimum absolute atomic E-state index is 0.000119. The summed E-state index contributed by atoms with van der Waals surface area (Å²) in [5.41, 5.74) is 0.819. The second-order valence-corrected chi connectivity index (χ2v) is 8.53. The number of amides is 1. The monoisotopic (exact) mass is 448 g/mol. The SMILES string of the molecule is O=C(OCC(=O)N1N=C(c2cccs2)CC1c1cccs1)c1ccc(F)cc1Cl. The van der Waals surface area contributed by atoms with Gasteiger partial charge in [0.15, 0.2) is 6.61 Å². The van der Waals surface area contributed by atoms with Crippen LogP contribution >= 0.6 is 34.3 Å². The van der Waals surface area contributed by atoms with Gasteiger partial charge in [-0.1, -0.05) is 23.7 Å². The largest absolute Gasteiger partial charge is 0.452 e. The van der Waals surface area contributed by atoms with E-state index in [1.807, 2.05) is 35.0 Å². The van der Waals surface area contributed by atoms with Gasteiger partial charge in [0.25, 0.3) is 5.91 Å². The number of nitrogens with zero attached hydrogens (tertiary/aromatic N) is 2. The Kier molecular flexibility index (Phi) is 5.75. The maximum atomic E-state index is 13.1. The molecule has 1 amide bonds. The molecule has 0 N–H and O–H groups in total. The van der Waals surface area contributed by atoms with Crippen LogP contribution in [0.1, 0.15) is 32.6 Å². The molecular weight excluding hydrogens is 435 g/mol. The first-order chi connectivity index (χ1) is 14.0. The first-order valence-electron chi connectivity index (χ1n) is 8.62. The fourth-order valence-corrected chi connectivity index (χ4v) is 4.74. The minimum atomic E-state index is -0.794. The average Bonchev–Trinajstić information content (AvgIpc) is 3.46. The molecule has 5 nitrogen and oxygen atoms in total. The van der Waals surface area contributed by atoms with E-state index in [2.05, 4.69) is 5.10 Å². The molecule has 0 radical (unpaired) electrons. The van der Waals surface area contributed by atoms with Crippen molar-refractivity contribution in [3.05, 3.63) is 79.4 Å². The van der Waals surface area contributed by atoms with Gasteiger partial charge in [0, 0.05) is 11.3 Å². The molecule has 1 aromatic carbocycles. The summed E-state index contributed by atoms with van der Waals surface area (Å²) >= 11 is 8.97. The van der Waals surface area contributed by atoms with Crippen molar-refractivity contribution in [3.8, 4) is 0 Å². The van der Waals surface area contributed by atoms with E-state index in [4.69, 9.17) is 16.3 Å². The molecule has 4 rings (SSSR count). The van der Waals surface area contributed by atoms with Gasteiger partial charge in [0.1, 0.15) is 5.82 Å². The molecule has 29 heavy (non-hydrogen) atoms. The molecule has 0 fully saturated rings. The lowest BCUT2D eigenvalue weighted by molar-refractivity contribution is -0.136. The lowest BCUT2D eigenvalue weighted by atomic mass is 10.1. The highest BCUT2D eigenvalue weighted by Crippen LogP contribution is 2.36. The van der Waals surface area contributed by atoms with E-state index >= 15 is 0 Å². The molecule has 1 atom stereocenters. The Morgan fingerprint density at radius 3 is 2.69 bits per heavy atom. The Labute approximate surface area is 179 Å². The standard InChI is InChI=1S/C20H14ClFN2O3S2/c21-14-9-12(22)5-6-13(14)20(26)27-11-19(25)24-16(18-4-2-8-29-18)10-15(23-24)17-3-1-7-28-17/h1-9,16H,10-11H2. The zero-order valence-corrected chi connectivity index (χ0v) is 17.3. The number of carbonyl (C=O) groups excluding carboxylic acids is 2. The van der Waals surface area contributed by atoms with Crippen LogP contribution in [0.3, 0.4) is 0 Å². The van der Waals surface area contributed by atoms with Gasteiger partial charge in [0.2, 0.25) is 0 Å². The number of ether oxygens (including phenoxy) is 1. The Hall–Kier alpha value is -2.55. The van der Waals surface area contributed by atoms with Crippen LogP contribution in [0, 0.1) is 5.82 Å². The Balaban J connectivity index is 1.50. The number of hydrogen-bond donors (Lipinski definition) is 0. The van der Waals surface area contributed by atoms with Crippen molar-refractivity contribution in [2.75, 3.05) is 6.61 Å². The van der Waals surface area contributed by atoms with Crippen molar-refractivity contribution in [3.63, 3.8) is 0 Å². The minimum Gasteiger partial charge on any atom is -0.452 e. The van der Waals surface area contributed by atoms with Gasteiger partial charge >= 0.3 is 5.97 Å². The number of carbonyl (C=O) groups is 2. The Morgan fingerprint density at radius 2 is 2.00 bits per heavy atom. The van der Waals surface area contributed by atoms with Crippen LogP contribution in [-0.2, 0) is 9.53 Å². The zero-order chi connectivity index (χ0) is 20.4. The van der Waals surface area contributed by atoms with Crippen molar-refractivity contribution in [1.82, 2.24) is 5.01 Å². The number of hydrazone groups is 1. The van der Waals surface area contributed by atoms with Crippen LogP contribution in [0.2, 0.25) is 5.02 Å². The van der Waals surface area contributed by atoms with Gasteiger partial charge in [-0.05, 0) is 41.1 Å². The topological polar surface area (TPSA) is 59.0 Å². The van der Waals surface area contributed by atoms with Gasteiger partial charge in [-0.25, -0.2) is 14.2 Å². The van der Waals surface area contributed by atoms with Crippen molar-refractivity contribution in [1.29, 1.82) is 0 Å². The molecule has 3 heterocycles. The summed E-state index contributed by atoms with van der Waals surface area (Å²) in [5, 5.41) is 9.70. The van der Waals surface area contributed by atoms with E-state index in [1.54, 1.807) is 22.7 Å². The molecule has 0 aliphatic carbocycles. The van der Waals surface area contributed by atoms with Crippen LogP contribution in [0.25, 0.3) is 0 Å². The van der Waals surface area contributed by atoms with E-state index in [1.165, 1.54) is 11.1 Å². The highest BCUT2D eigenvalue weighted by Gasteiger charge is 2.34. The quantitative estimate of drug-likeness (QED) is 0.508. The summed E-state index contributed by atoms with van der Waals surface area (Å²) in [6.07, 6.45) is 0.588. The van der Waals surface area contributed by atoms with Crippen molar-refractivity contribution >= 4 is 51.9 Å². The molecule has 1 unspecified atom stereocenters. The molecule has 0 saturated heterocycles. The van der Waals surface area contributed by atoms with E-state index < -0.39 is 24.3 Å². The predicted octanol–water partition coefficient (Wildman–Crippen LogP) is 5.14. The summed E-state index contributed by atoms with van der Waals surface area (Å²) in [5.74, 6) is -1.80. The van der Waals surface area contributed by atoms with Gasteiger partial charge in [-0.2, -0.15) is 5.10 Å².